The van der Waals surface area contributed by atoms with Gasteiger partial charge in [0.2, 0.25) is 9.84 Å². The lowest BCUT2D eigenvalue weighted by atomic mass is 9.87. The monoisotopic (exact) mass is 487 g/mol. The van der Waals surface area contributed by atoms with Gasteiger partial charge in [0.05, 0.1) is 5.69 Å². The second-order valence-corrected chi connectivity index (χ2v) is 12.0. The van der Waals surface area contributed by atoms with Crippen LogP contribution in [0.5, 0.6) is 0 Å². The number of carbonyl (C=O) groups is 1. The standard InChI is InChI=1S/C24H26FN3O5S/c1-23(2,3)15-8-6-14(7-9-15)22(29)26-18-11-20-16(10-17(18)25)19(27-32-20)13-34(30,31)21-12-24(4,5)33-28-21/h6-11H,12-13H2,1-5H3,(H,26,29). The van der Waals surface area contributed by atoms with E-state index >= 15 is 0 Å². The molecule has 0 saturated heterocycles. The molecule has 0 radical (unpaired) electrons. The Morgan fingerprint density at radius 2 is 1.85 bits per heavy atom. The van der Waals surface area contributed by atoms with Crippen LogP contribution in [0.25, 0.3) is 11.0 Å². The van der Waals surface area contributed by atoms with Crippen molar-refractivity contribution < 1.29 is 27.0 Å². The minimum Gasteiger partial charge on any atom is -0.389 e. The van der Waals surface area contributed by atoms with Crippen LogP contribution in [-0.4, -0.2) is 30.1 Å². The second kappa shape index (κ2) is 8.19. The first-order valence-corrected chi connectivity index (χ1v) is 12.4. The summed E-state index contributed by atoms with van der Waals surface area (Å²) in [6, 6.07) is 9.47. The van der Waals surface area contributed by atoms with Gasteiger partial charge in [0.1, 0.15) is 22.9 Å². The van der Waals surface area contributed by atoms with Crippen molar-refractivity contribution in [2.24, 2.45) is 5.16 Å². The first-order valence-electron chi connectivity index (χ1n) is 10.7. The van der Waals surface area contributed by atoms with Gasteiger partial charge >= 0.3 is 0 Å². The Bertz CT molecular complexity index is 1400. The van der Waals surface area contributed by atoms with E-state index in [4.69, 9.17) is 9.36 Å². The van der Waals surface area contributed by atoms with E-state index in [0.29, 0.717) is 5.56 Å². The summed E-state index contributed by atoms with van der Waals surface area (Å²) in [5.74, 6) is -1.73. The van der Waals surface area contributed by atoms with Crippen LogP contribution in [0.3, 0.4) is 0 Å². The molecule has 2 aromatic carbocycles. The summed E-state index contributed by atoms with van der Waals surface area (Å²) in [5, 5.41) is 10.1. The van der Waals surface area contributed by atoms with E-state index in [9.17, 15) is 17.6 Å². The third-order valence-electron chi connectivity index (χ3n) is 5.55. The lowest BCUT2D eigenvalue weighted by Gasteiger charge is -2.19. The molecule has 0 spiro atoms. The highest BCUT2D eigenvalue weighted by Gasteiger charge is 2.36. The van der Waals surface area contributed by atoms with Gasteiger partial charge in [-0.3, -0.25) is 4.79 Å². The van der Waals surface area contributed by atoms with E-state index in [1.54, 1.807) is 26.0 Å². The van der Waals surface area contributed by atoms with Crippen LogP contribution in [0.4, 0.5) is 10.1 Å². The molecule has 1 aliphatic rings. The summed E-state index contributed by atoms with van der Waals surface area (Å²) in [6.45, 7) is 9.67. The number of nitrogens with zero attached hydrogens (tertiary/aromatic N) is 2. The van der Waals surface area contributed by atoms with Gasteiger partial charge in [-0.1, -0.05) is 43.2 Å². The summed E-state index contributed by atoms with van der Waals surface area (Å²) < 4.78 is 45.5. The molecular formula is C24H26FN3O5S. The Kier molecular flexibility index (Phi) is 5.75. The van der Waals surface area contributed by atoms with E-state index in [1.165, 1.54) is 6.07 Å². The minimum absolute atomic E-state index is 0.0527. The van der Waals surface area contributed by atoms with Gasteiger partial charge in [-0.2, -0.15) is 0 Å². The topological polar surface area (TPSA) is 111 Å². The molecule has 8 nitrogen and oxygen atoms in total. The molecule has 34 heavy (non-hydrogen) atoms. The number of fused-ring (bicyclic) bond motifs is 1. The van der Waals surface area contributed by atoms with Crippen molar-refractivity contribution in [3.63, 3.8) is 0 Å². The van der Waals surface area contributed by atoms with Gasteiger partial charge in [0, 0.05) is 23.4 Å². The van der Waals surface area contributed by atoms with Crippen molar-refractivity contribution >= 4 is 37.4 Å². The Balaban J connectivity index is 1.54. The van der Waals surface area contributed by atoms with E-state index in [1.807, 2.05) is 12.1 Å². The molecule has 0 fully saturated rings. The molecule has 3 aromatic rings. The van der Waals surface area contributed by atoms with E-state index in [-0.39, 0.29) is 39.2 Å². The zero-order valence-electron chi connectivity index (χ0n) is 19.6. The number of oxime groups is 1. The molecule has 4 rings (SSSR count). The fourth-order valence-corrected chi connectivity index (χ4v) is 5.01. The maximum Gasteiger partial charge on any atom is 0.255 e. The first-order chi connectivity index (χ1) is 15.7. The number of amides is 1. The Morgan fingerprint density at radius 3 is 2.44 bits per heavy atom. The third kappa shape index (κ3) is 4.82. The second-order valence-electron chi connectivity index (χ2n) is 10.0. The molecule has 0 unspecified atom stereocenters. The SMILES string of the molecule is CC1(C)CC(S(=O)(=O)Cc2noc3cc(NC(=O)c4ccc(C(C)(C)C)cc4)c(F)cc23)=NO1. The predicted molar refractivity (Wildman–Crippen MR) is 127 cm³/mol. The molecule has 1 aromatic heterocycles. The van der Waals surface area contributed by atoms with Crippen LogP contribution in [0, 0.1) is 5.82 Å². The van der Waals surface area contributed by atoms with Crippen molar-refractivity contribution in [3.05, 3.63) is 59.0 Å². The number of hydrogen-bond donors (Lipinski definition) is 1. The van der Waals surface area contributed by atoms with Gasteiger partial charge in [0.15, 0.2) is 10.6 Å². The largest absolute Gasteiger partial charge is 0.389 e. The molecule has 1 N–H and O–H groups in total. The highest BCUT2D eigenvalue weighted by atomic mass is 32.2. The fourth-order valence-electron chi connectivity index (χ4n) is 3.56. The number of aromatic nitrogens is 1. The predicted octanol–water partition coefficient (Wildman–Crippen LogP) is 4.94. The minimum atomic E-state index is -3.83. The van der Waals surface area contributed by atoms with E-state index in [0.717, 1.165) is 11.6 Å². The summed E-state index contributed by atoms with van der Waals surface area (Å²) in [7, 11) is -3.83. The molecule has 0 bridgehead atoms. The maximum absolute atomic E-state index is 14.8. The van der Waals surface area contributed by atoms with Crippen molar-refractivity contribution in [2.75, 3.05) is 5.32 Å². The Hall–Kier alpha value is -3.27. The number of sulfone groups is 1. The molecule has 1 amide bonds. The van der Waals surface area contributed by atoms with Gasteiger partial charge in [-0.15, -0.1) is 0 Å². The summed E-state index contributed by atoms with van der Waals surface area (Å²) >= 11 is 0. The lowest BCUT2D eigenvalue weighted by Crippen LogP contribution is -2.23. The van der Waals surface area contributed by atoms with Crippen LogP contribution < -0.4 is 5.32 Å². The quantitative estimate of drug-likeness (QED) is 0.558. The maximum atomic E-state index is 14.8. The van der Waals surface area contributed by atoms with Crippen LogP contribution in [0.15, 0.2) is 46.1 Å². The van der Waals surface area contributed by atoms with E-state index < -0.39 is 32.9 Å². The zero-order valence-corrected chi connectivity index (χ0v) is 20.4. The third-order valence-corrected chi connectivity index (χ3v) is 7.14. The molecule has 0 saturated carbocycles. The molecule has 2 heterocycles. The number of halogens is 1. The highest BCUT2D eigenvalue weighted by Crippen LogP contribution is 2.30. The Morgan fingerprint density at radius 1 is 1.18 bits per heavy atom. The normalized spacial score (nSPS) is 15.8. The van der Waals surface area contributed by atoms with Crippen LogP contribution in [0.2, 0.25) is 0 Å². The number of carbonyl (C=O) groups excluding carboxylic acids is 1. The zero-order chi connectivity index (χ0) is 24.9. The summed E-state index contributed by atoms with van der Waals surface area (Å²) in [5.41, 5.74) is 0.779. The van der Waals surface area contributed by atoms with Crippen molar-refractivity contribution in [3.8, 4) is 0 Å². The van der Waals surface area contributed by atoms with Gasteiger partial charge < -0.3 is 14.7 Å². The highest BCUT2D eigenvalue weighted by molar-refractivity contribution is 8.05. The van der Waals surface area contributed by atoms with Gasteiger partial charge in [0.25, 0.3) is 5.91 Å². The first kappa shape index (κ1) is 23.9. The van der Waals surface area contributed by atoms with Crippen LogP contribution in [-0.2, 0) is 25.8 Å². The number of rotatable bonds is 4. The van der Waals surface area contributed by atoms with Crippen LogP contribution >= 0.6 is 0 Å². The molecule has 0 aliphatic carbocycles. The summed E-state index contributed by atoms with van der Waals surface area (Å²) in [4.78, 5) is 17.8. The average molecular weight is 488 g/mol. The molecule has 180 valence electrons. The Labute approximate surface area is 197 Å². The van der Waals surface area contributed by atoms with Crippen molar-refractivity contribution in [2.45, 2.75) is 57.8 Å². The molecule has 0 atom stereocenters. The van der Waals surface area contributed by atoms with Crippen molar-refractivity contribution in [1.29, 1.82) is 0 Å². The van der Waals surface area contributed by atoms with Crippen molar-refractivity contribution in [1.82, 2.24) is 5.16 Å². The van der Waals surface area contributed by atoms with Crippen LogP contribution in [0.1, 0.15) is 62.7 Å². The van der Waals surface area contributed by atoms with Gasteiger partial charge in [-0.25, -0.2) is 12.8 Å². The number of benzene rings is 2. The van der Waals surface area contributed by atoms with Gasteiger partial charge in [-0.05, 0) is 43.0 Å². The molecular weight excluding hydrogens is 461 g/mol. The fraction of sp³-hybridized carbons (Fsp3) is 0.375. The smallest absolute Gasteiger partial charge is 0.255 e. The average Bonchev–Trinajstić information content (AvgIpc) is 3.30. The molecule has 1 aliphatic heterocycles. The number of nitrogens with one attached hydrogen (secondary N) is 1. The lowest BCUT2D eigenvalue weighted by molar-refractivity contribution is 0.0123. The van der Waals surface area contributed by atoms with E-state index in [2.05, 4.69) is 36.4 Å². The summed E-state index contributed by atoms with van der Waals surface area (Å²) in [6.07, 6.45) is 0.131. The number of anilines is 1. The number of hydrogen-bond acceptors (Lipinski definition) is 7. The molecule has 10 heteroatoms.